The number of carboxylic acids is 1. The van der Waals surface area contributed by atoms with Crippen molar-refractivity contribution in [1.82, 2.24) is 9.88 Å². The van der Waals surface area contributed by atoms with Crippen LogP contribution in [0.3, 0.4) is 0 Å². The number of aliphatic carboxylic acids is 1. The number of hydrogen-bond acceptors (Lipinski definition) is 6. The summed E-state index contributed by atoms with van der Waals surface area (Å²) in [6, 6.07) is 9.15. The SMILES string of the molecule is Cc1nc(N)sc1C(=O)N1CC[C@@H](O)[C@](Cc2ccccc2)(C(=O)O)C1. The molecule has 7 nitrogen and oxygen atoms in total. The van der Waals surface area contributed by atoms with E-state index in [2.05, 4.69) is 4.98 Å². The third-order valence-corrected chi connectivity index (χ3v) is 5.84. The lowest BCUT2D eigenvalue weighted by atomic mass is 9.73. The van der Waals surface area contributed by atoms with Crippen LogP contribution in [0.1, 0.15) is 27.3 Å². The fourth-order valence-corrected chi connectivity index (χ4v) is 4.23. The molecular weight excluding hydrogens is 354 g/mol. The zero-order valence-electron chi connectivity index (χ0n) is 14.4. The highest BCUT2D eigenvalue weighted by Crippen LogP contribution is 2.36. The molecule has 1 saturated heterocycles. The van der Waals surface area contributed by atoms with Crippen LogP contribution in [-0.4, -0.2) is 51.2 Å². The molecule has 2 aromatic rings. The van der Waals surface area contributed by atoms with Crippen LogP contribution in [0.15, 0.2) is 30.3 Å². The van der Waals surface area contributed by atoms with Crippen LogP contribution in [0.5, 0.6) is 0 Å². The lowest BCUT2D eigenvalue weighted by Crippen LogP contribution is -2.58. The van der Waals surface area contributed by atoms with E-state index in [0.29, 0.717) is 22.2 Å². The minimum Gasteiger partial charge on any atom is -0.481 e. The number of likely N-dealkylation sites (tertiary alicyclic amines) is 1. The Morgan fingerprint density at radius 3 is 2.65 bits per heavy atom. The van der Waals surface area contributed by atoms with Gasteiger partial charge < -0.3 is 20.8 Å². The summed E-state index contributed by atoms with van der Waals surface area (Å²) in [6.07, 6.45) is -0.673. The number of piperidine rings is 1. The van der Waals surface area contributed by atoms with E-state index in [0.717, 1.165) is 16.9 Å². The first-order valence-electron chi connectivity index (χ1n) is 8.31. The molecule has 0 bridgehead atoms. The van der Waals surface area contributed by atoms with Crippen molar-refractivity contribution in [3.05, 3.63) is 46.5 Å². The van der Waals surface area contributed by atoms with Gasteiger partial charge in [0.1, 0.15) is 10.3 Å². The molecule has 4 N–H and O–H groups in total. The zero-order valence-corrected chi connectivity index (χ0v) is 15.2. The van der Waals surface area contributed by atoms with Gasteiger partial charge in [-0.1, -0.05) is 41.7 Å². The van der Waals surface area contributed by atoms with E-state index in [-0.39, 0.29) is 25.3 Å². The van der Waals surface area contributed by atoms with Gasteiger partial charge in [0.15, 0.2) is 5.13 Å². The Morgan fingerprint density at radius 2 is 2.08 bits per heavy atom. The Kier molecular flexibility index (Phi) is 4.97. The van der Waals surface area contributed by atoms with Crippen molar-refractivity contribution in [2.24, 2.45) is 5.41 Å². The first-order valence-corrected chi connectivity index (χ1v) is 9.13. The molecule has 26 heavy (non-hydrogen) atoms. The van der Waals surface area contributed by atoms with E-state index in [9.17, 15) is 19.8 Å². The number of aliphatic hydroxyl groups excluding tert-OH is 1. The molecule has 0 radical (unpaired) electrons. The van der Waals surface area contributed by atoms with E-state index >= 15 is 0 Å². The normalized spacial score (nSPS) is 23.0. The summed E-state index contributed by atoms with van der Waals surface area (Å²) in [4.78, 5) is 31.0. The van der Waals surface area contributed by atoms with Gasteiger partial charge in [0.2, 0.25) is 0 Å². The fraction of sp³-hybridized carbons (Fsp3) is 0.389. The molecule has 1 fully saturated rings. The van der Waals surface area contributed by atoms with E-state index < -0.39 is 17.5 Å². The number of rotatable bonds is 4. The van der Waals surface area contributed by atoms with Gasteiger partial charge in [-0.05, 0) is 25.3 Å². The molecule has 0 saturated carbocycles. The van der Waals surface area contributed by atoms with Gasteiger partial charge in [-0.25, -0.2) is 4.98 Å². The number of hydrogen-bond donors (Lipinski definition) is 3. The lowest BCUT2D eigenvalue weighted by Gasteiger charge is -2.43. The van der Waals surface area contributed by atoms with Crippen LogP contribution < -0.4 is 5.73 Å². The molecule has 1 amide bonds. The van der Waals surface area contributed by atoms with Crippen LogP contribution in [0.2, 0.25) is 0 Å². The largest absolute Gasteiger partial charge is 0.481 e. The topological polar surface area (TPSA) is 117 Å². The van der Waals surface area contributed by atoms with Crippen LogP contribution in [-0.2, 0) is 11.2 Å². The Labute approximate surface area is 155 Å². The molecular formula is C18H21N3O4S. The number of carboxylic acid groups (broad SMARTS) is 1. The van der Waals surface area contributed by atoms with Crippen molar-refractivity contribution in [1.29, 1.82) is 0 Å². The summed E-state index contributed by atoms with van der Waals surface area (Å²) < 4.78 is 0. The maximum absolute atomic E-state index is 12.9. The maximum Gasteiger partial charge on any atom is 0.314 e. The highest BCUT2D eigenvalue weighted by atomic mass is 32.1. The van der Waals surface area contributed by atoms with Crippen molar-refractivity contribution in [3.63, 3.8) is 0 Å². The minimum absolute atomic E-state index is 0.0610. The summed E-state index contributed by atoms with van der Waals surface area (Å²) >= 11 is 1.09. The van der Waals surface area contributed by atoms with Crippen molar-refractivity contribution in [2.75, 3.05) is 18.8 Å². The Hall–Kier alpha value is -2.45. The second-order valence-electron chi connectivity index (χ2n) is 6.62. The number of amides is 1. The number of carbonyl (C=O) groups is 2. The molecule has 1 aromatic carbocycles. The van der Waals surface area contributed by atoms with Gasteiger partial charge in [-0.3, -0.25) is 9.59 Å². The number of aliphatic hydroxyl groups is 1. The van der Waals surface area contributed by atoms with Crippen molar-refractivity contribution in [2.45, 2.75) is 25.9 Å². The summed E-state index contributed by atoms with van der Waals surface area (Å²) in [5.41, 5.74) is 5.57. The number of carbonyl (C=O) groups excluding carboxylic acids is 1. The Bertz CT molecular complexity index is 823. The summed E-state index contributed by atoms with van der Waals surface area (Å²) in [5, 5.41) is 20.8. The van der Waals surface area contributed by atoms with Crippen LogP contribution >= 0.6 is 11.3 Å². The molecule has 8 heteroatoms. The van der Waals surface area contributed by atoms with Crippen LogP contribution in [0, 0.1) is 12.3 Å². The summed E-state index contributed by atoms with van der Waals surface area (Å²) in [5.74, 6) is -1.39. The van der Waals surface area contributed by atoms with Crippen molar-refractivity contribution < 1.29 is 19.8 Å². The van der Waals surface area contributed by atoms with Gasteiger partial charge in [-0.2, -0.15) is 0 Å². The number of aromatic nitrogens is 1. The van der Waals surface area contributed by atoms with Gasteiger partial charge in [-0.15, -0.1) is 0 Å². The smallest absolute Gasteiger partial charge is 0.314 e. The molecule has 0 unspecified atom stereocenters. The highest BCUT2D eigenvalue weighted by molar-refractivity contribution is 7.17. The fourth-order valence-electron chi connectivity index (χ4n) is 3.43. The third kappa shape index (κ3) is 3.30. The molecule has 0 spiro atoms. The molecule has 2 heterocycles. The molecule has 3 rings (SSSR count). The number of thiazole rings is 1. The average Bonchev–Trinajstić information content (AvgIpc) is 2.95. The van der Waals surface area contributed by atoms with Gasteiger partial charge in [0, 0.05) is 13.1 Å². The van der Waals surface area contributed by atoms with E-state index in [1.165, 1.54) is 4.90 Å². The molecule has 138 valence electrons. The number of anilines is 1. The molecule has 1 aliphatic heterocycles. The minimum atomic E-state index is -1.45. The Morgan fingerprint density at radius 1 is 1.38 bits per heavy atom. The van der Waals surface area contributed by atoms with Gasteiger partial charge in [0.25, 0.3) is 5.91 Å². The Balaban J connectivity index is 1.90. The maximum atomic E-state index is 12.9. The number of aryl methyl sites for hydroxylation is 1. The predicted molar refractivity (Wildman–Crippen MR) is 98.0 cm³/mol. The molecule has 1 aliphatic rings. The lowest BCUT2D eigenvalue weighted by molar-refractivity contribution is -0.161. The first kappa shape index (κ1) is 18.3. The van der Waals surface area contributed by atoms with Gasteiger partial charge >= 0.3 is 5.97 Å². The van der Waals surface area contributed by atoms with E-state index in [4.69, 9.17) is 5.73 Å². The van der Waals surface area contributed by atoms with Crippen LogP contribution in [0.4, 0.5) is 5.13 Å². The van der Waals surface area contributed by atoms with Crippen molar-refractivity contribution in [3.8, 4) is 0 Å². The second kappa shape index (κ2) is 7.05. The monoisotopic (exact) mass is 375 g/mol. The quantitative estimate of drug-likeness (QED) is 0.746. The second-order valence-corrected chi connectivity index (χ2v) is 7.65. The predicted octanol–water partition coefficient (Wildman–Crippen LogP) is 1.55. The zero-order chi connectivity index (χ0) is 18.9. The number of nitrogen functional groups attached to an aromatic ring is 1. The van der Waals surface area contributed by atoms with Crippen LogP contribution in [0.25, 0.3) is 0 Å². The molecule has 0 aliphatic carbocycles. The van der Waals surface area contributed by atoms with E-state index in [1.54, 1.807) is 6.92 Å². The third-order valence-electron chi connectivity index (χ3n) is 4.87. The number of nitrogens with zero attached hydrogens (tertiary/aromatic N) is 2. The summed E-state index contributed by atoms with van der Waals surface area (Å²) in [6.45, 7) is 1.93. The first-order chi connectivity index (χ1) is 12.3. The standard InChI is InChI=1S/C18H21N3O4S/c1-11-14(26-17(19)20-11)15(23)21-8-7-13(22)18(10-21,16(24)25)9-12-5-3-2-4-6-12/h2-6,13,22H,7-10H2,1H3,(H2,19,20)(H,24,25)/t13-,18-/m1/s1. The molecule has 2 atom stereocenters. The summed E-state index contributed by atoms with van der Waals surface area (Å²) in [7, 11) is 0. The van der Waals surface area contributed by atoms with Crippen molar-refractivity contribution >= 4 is 28.3 Å². The number of nitrogens with two attached hydrogens (primary N) is 1. The molecule has 1 aromatic heterocycles. The van der Waals surface area contributed by atoms with E-state index in [1.807, 2.05) is 30.3 Å². The number of benzene rings is 1. The average molecular weight is 375 g/mol. The highest BCUT2D eigenvalue weighted by Gasteiger charge is 2.50. The van der Waals surface area contributed by atoms with Gasteiger partial charge in [0.05, 0.1) is 11.8 Å².